The van der Waals surface area contributed by atoms with E-state index in [9.17, 15) is 33.6 Å². The number of aliphatic imine (C=N–C) groups is 1. The van der Waals surface area contributed by atoms with Crippen LogP contribution in [0.4, 0.5) is 11.4 Å². The van der Waals surface area contributed by atoms with Crippen molar-refractivity contribution in [2.75, 3.05) is 25.0 Å². The zero-order valence-corrected chi connectivity index (χ0v) is 39.0. The number of nitrogens with zero attached hydrogens (tertiary/aromatic N) is 4. The molecule has 0 bridgehead atoms. The summed E-state index contributed by atoms with van der Waals surface area (Å²) in [5.74, 6) is -0.437. The van der Waals surface area contributed by atoms with Gasteiger partial charge in [0.05, 0.1) is 23.6 Å². The highest BCUT2D eigenvalue weighted by atomic mass is 16.2. The van der Waals surface area contributed by atoms with E-state index in [4.69, 9.17) is 5.73 Å². The standard InChI is InChI=1S/C53H65N7O7/c1-3-26-59(27-4-2)53(67)42-30-40-21-22-41(31-44(40)57-48(54)32-42)52(66)56-43-28-38(33-55-34-43)18-23-47(62)45(29-36-12-8-7-9-13-36)58-49(63)15-11-6-5-10-14-46(61)39-19-16-37(17-20-39)35-60-50(64)24-25-51(60)65/h7-9,12-13,21-22,24-25,28,30-31,33-34,37,39,45H,3-6,10-11,14-20,23,26-27,29,32,35H2,1-2H3,(H2,54,57)(H,56,66)(H,58,63). The smallest absolute Gasteiger partial charge is 0.255 e. The third-order valence-corrected chi connectivity index (χ3v) is 12.7. The van der Waals surface area contributed by atoms with Crippen LogP contribution in [0, 0.1) is 11.8 Å². The number of amidine groups is 1. The molecule has 6 rings (SSSR count). The molecule has 14 heteroatoms. The number of imide groups is 1. The fourth-order valence-corrected chi connectivity index (χ4v) is 9.11. The number of carbonyl (C=O) groups is 7. The molecule has 0 radical (unpaired) electrons. The largest absolute Gasteiger partial charge is 0.387 e. The molecule has 0 spiro atoms. The summed E-state index contributed by atoms with van der Waals surface area (Å²) in [7, 11) is 0. The number of fused-ring (bicyclic) bond motifs is 1. The molecule has 14 nitrogen and oxygen atoms in total. The van der Waals surface area contributed by atoms with Crippen molar-refractivity contribution < 1.29 is 33.6 Å². The second kappa shape index (κ2) is 24.8. The minimum absolute atomic E-state index is 0.0261. The van der Waals surface area contributed by atoms with Crippen LogP contribution in [0.3, 0.4) is 0 Å². The Morgan fingerprint density at radius 2 is 1.52 bits per heavy atom. The molecule has 1 unspecified atom stereocenters. The Hall–Kier alpha value is -6.57. The molecule has 2 aromatic carbocycles. The molecule has 1 aliphatic carbocycles. The molecule has 5 amide bonds. The molecule has 4 N–H and O–H groups in total. The van der Waals surface area contributed by atoms with Gasteiger partial charge in [-0.05, 0) is 106 Å². The summed E-state index contributed by atoms with van der Waals surface area (Å²) < 4.78 is 0. The number of hydrogen-bond donors (Lipinski definition) is 3. The van der Waals surface area contributed by atoms with E-state index in [0.717, 1.165) is 68.9 Å². The second-order valence-corrected chi connectivity index (χ2v) is 18.0. The van der Waals surface area contributed by atoms with Gasteiger partial charge >= 0.3 is 0 Å². The zero-order valence-electron chi connectivity index (χ0n) is 39.0. The van der Waals surface area contributed by atoms with E-state index in [2.05, 4.69) is 20.6 Å². The summed E-state index contributed by atoms with van der Waals surface area (Å²) in [6.07, 6.45) is 17.4. The first-order valence-electron chi connectivity index (χ1n) is 24.0. The van der Waals surface area contributed by atoms with E-state index in [1.165, 1.54) is 23.2 Å². The molecule has 1 fully saturated rings. The number of nitrogens with one attached hydrogen (secondary N) is 2. The minimum atomic E-state index is -0.716. The summed E-state index contributed by atoms with van der Waals surface area (Å²) in [6, 6.07) is 15.7. The summed E-state index contributed by atoms with van der Waals surface area (Å²) in [4.78, 5) is 103. The van der Waals surface area contributed by atoms with Gasteiger partial charge in [0.2, 0.25) is 11.8 Å². The van der Waals surface area contributed by atoms with Crippen molar-refractivity contribution in [2.24, 2.45) is 22.6 Å². The number of anilines is 1. The molecular weight excluding hydrogens is 847 g/mol. The van der Waals surface area contributed by atoms with Crippen LogP contribution in [-0.4, -0.2) is 87.4 Å². The number of aromatic nitrogens is 1. The van der Waals surface area contributed by atoms with Crippen LogP contribution < -0.4 is 16.4 Å². The first-order chi connectivity index (χ1) is 32.4. The van der Waals surface area contributed by atoms with Crippen LogP contribution in [0.2, 0.25) is 0 Å². The highest BCUT2D eigenvalue weighted by Gasteiger charge is 2.31. The lowest BCUT2D eigenvalue weighted by Crippen LogP contribution is -2.42. The summed E-state index contributed by atoms with van der Waals surface area (Å²) in [5, 5.41) is 5.89. The number of hydrogen-bond acceptors (Lipinski definition) is 10. The molecule has 1 atom stereocenters. The van der Waals surface area contributed by atoms with Gasteiger partial charge in [-0.1, -0.05) is 63.1 Å². The van der Waals surface area contributed by atoms with Gasteiger partial charge in [-0.25, -0.2) is 4.99 Å². The van der Waals surface area contributed by atoms with E-state index in [0.29, 0.717) is 79.2 Å². The number of rotatable bonds is 24. The maximum atomic E-state index is 13.7. The minimum Gasteiger partial charge on any atom is -0.387 e. The van der Waals surface area contributed by atoms with Gasteiger partial charge in [-0.3, -0.25) is 43.4 Å². The van der Waals surface area contributed by atoms with E-state index in [1.807, 2.05) is 55.2 Å². The number of Topliss-reactive ketones (excluding diaryl/α,β-unsaturated/α-hetero) is 2. The highest BCUT2D eigenvalue weighted by Crippen LogP contribution is 2.32. The van der Waals surface area contributed by atoms with Gasteiger partial charge in [-0.2, -0.15) is 0 Å². The Kier molecular flexibility index (Phi) is 18.5. The number of ketones is 2. The van der Waals surface area contributed by atoms with Crippen molar-refractivity contribution in [3.63, 3.8) is 0 Å². The first kappa shape index (κ1) is 49.9. The molecule has 354 valence electrons. The average molecular weight is 912 g/mol. The molecule has 1 aromatic heterocycles. The maximum Gasteiger partial charge on any atom is 0.255 e. The Labute approximate surface area is 393 Å². The maximum absolute atomic E-state index is 13.7. The fraction of sp³-hybridized carbons (Fsp3) is 0.453. The zero-order chi connectivity index (χ0) is 47.7. The molecule has 1 saturated carbocycles. The number of aryl methyl sites for hydroxylation is 1. The average Bonchev–Trinajstić information content (AvgIpc) is 3.53. The van der Waals surface area contributed by atoms with E-state index < -0.39 is 6.04 Å². The topological polar surface area (TPSA) is 201 Å². The lowest BCUT2D eigenvalue weighted by atomic mass is 9.79. The molecule has 3 heterocycles. The first-order valence-corrected chi connectivity index (χ1v) is 24.0. The highest BCUT2D eigenvalue weighted by molar-refractivity contribution is 6.13. The number of carbonyl (C=O) groups excluding carboxylic acids is 7. The van der Waals surface area contributed by atoms with Crippen molar-refractivity contribution >= 4 is 64.4 Å². The van der Waals surface area contributed by atoms with Gasteiger partial charge in [0.25, 0.3) is 17.7 Å². The normalized spacial score (nSPS) is 17.2. The van der Waals surface area contributed by atoms with Crippen LogP contribution >= 0.6 is 0 Å². The quantitative estimate of drug-likeness (QED) is 0.0597. The second-order valence-electron chi connectivity index (χ2n) is 18.0. The summed E-state index contributed by atoms with van der Waals surface area (Å²) in [5.41, 5.74) is 10.5. The number of unbranched alkanes of at least 4 members (excludes halogenated alkanes) is 3. The van der Waals surface area contributed by atoms with E-state index in [1.54, 1.807) is 30.5 Å². The van der Waals surface area contributed by atoms with Gasteiger partial charge in [0, 0.05) is 86.3 Å². The van der Waals surface area contributed by atoms with Gasteiger partial charge in [0.15, 0.2) is 5.78 Å². The number of benzene rings is 2. The Bertz CT molecular complexity index is 2340. The summed E-state index contributed by atoms with van der Waals surface area (Å²) in [6.45, 7) is 5.81. The van der Waals surface area contributed by atoms with E-state index >= 15 is 0 Å². The Morgan fingerprint density at radius 3 is 2.22 bits per heavy atom. The monoisotopic (exact) mass is 911 g/mol. The third kappa shape index (κ3) is 14.7. The van der Waals surface area contributed by atoms with Crippen LogP contribution in [0.15, 0.2) is 89.7 Å². The molecule has 3 aromatic rings. The van der Waals surface area contributed by atoms with Crippen molar-refractivity contribution in [3.8, 4) is 0 Å². The SMILES string of the molecule is CCCN(CCC)C(=O)C1=Cc2ccc(C(=O)Nc3cncc(CCC(=O)C(Cc4ccccc4)NC(=O)CCCCCCC(=O)C4CCC(CN5C(=O)C=CC5=O)CC4)c3)cc2N=C(N)C1. The van der Waals surface area contributed by atoms with Crippen LogP contribution in [0.1, 0.15) is 131 Å². The molecule has 67 heavy (non-hydrogen) atoms. The number of nitrogens with two attached hydrogens (primary N) is 1. The molecule has 3 aliphatic rings. The molecular formula is C53H65N7O7. The van der Waals surface area contributed by atoms with Crippen molar-refractivity contribution in [3.05, 3.63) is 107 Å². The molecule has 2 aliphatic heterocycles. The van der Waals surface area contributed by atoms with Crippen molar-refractivity contribution in [1.82, 2.24) is 20.1 Å². The number of pyridine rings is 1. The Morgan fingerprint density at radius 1 is 0.821 bits per heavy atom. The van der Waals surface area contributed by atoms with Gasteiger partial charge in [-0.15, -0.1) is 0 Å². The van der Waals surface area contributed by atoms with Crippen LogP contribution in [-0.2, 0) is 41.6 Å². The predicted octanol–water partition coefficient (Wildman–Crippen LogP) is 7.63. The van der Waals surface area contributed by atoms with Crippen LogP contribution in [0.25, 0.3) is 6.08 Å². The van der Waals surface area contributed by atoms with Crippen molar-refractivity contribution in [2.45, 2.75) is 123 Å². The molecule has 0 saturated heterocycles. The third-order valence-electron chi connectivity index (χ3n) is 12.7. The van der Waals surface area contributed by atoms with Gasteiger partial charge < -0.3 is 21.3 Å². The lowest BCUT2D eigenvalue weighted by Gasteiger charge is -2.30. The predicted molar refractivity (Wildman–Crippen MR) is 259 cm³/mol. The van der Waals surface area contributed by atoms with Crippen LogP contribution in [0.5, 0.6) is 0 Å². The van der Waals surface area contributed by atoms with E-state index in [-0.39, 0.29) is 72.2 Å². The van der Waals surface area contributed by atoms with Gasteiger partial charge in [0.1, 0.15) is 11.6 Å². The van der Waals surface area contributed by atoms with Crippen molar-refractivity contribution in [1.29, 1.82) is 0 Å². The summed E-state index contributed by atoms with van der Waals surface area (Å²) >= 11 is 0. The lowest BCUT2D eigenvalue weighted by molar-refractivity contribution is -0.138. The number of amides is 5. The Balaban J connectivity index is 0.951. The fourth-order valence-electron chi connectivity index (χ4n) is 9.11.